The van der Waals surface area contributed by atoms with Gasteiger partial charge >= 0.3 is 0 Å². The van der Waals surface area contributed by atoms with Crippen LogP contribution in [-0.2, 0) is 0 Å². The maximum Gasteiger partial charge on any atom is 0.253 e. The van der Waals surface area contributed by atoms with Crippen LogP contribution in [0.15, 0.2) is 22.7 Å². The van der Waals surface area contributed by atoms with Crippen molar-refractivity contribution in [2.24, 2.45) is 0 Å². The van der Waals surface area contributed by atoms with Crippen LogP contribution in [0, 0.1) is 18.3 Å². The van der Waals surface area contributed by atoms with Crippen LogP contribution in [0.25, 0.3) is 0 Å². The number of nitriles is 1. The molecule has 1 aromatic rings. The Morgan fingerprint density at radius 3 is 2.70 bits per heavy atom. The van der Waals surface area contributed by atoms with Crippen molar-refractivity contribution in [3.63, 3.8) is 0 Å². The molecule has 0 bridgehead atoms. The number of piperidine rings is 1. The number of rotatable bonds is 2. The number of nitrogens with zero attached hydrogens (tertiary/aromatic N) is 2. The average Bonchev–Trinajstić information content (AvgIpc) is 2.44. The number of nitrogens with one attached hydrogen (secondary N) is 1. The molecule has 1 N–H and O–H groups in total. The number of hydrogen-bond acceptors (Lipinski definition) is 3. The molecule has 0 spiro atoms. The first-order chi connectivity index (χ1) is 9.47. The minimum atomic E-state index is -0.743. The van der Waals surface area contributed by atoms with Gasteiger partial charge in [0.2, 0.25) is 0 Å². The second-order valence-electron chi connectivity index (χ2n) is 5.39. The summed E-state index contributed by atoms with van der Waals surface area (Å²) >= 11 is 3.44. The van der Waals surface area contributed by atoms with E-state index in [1.807, 2.05) is 26.1 Å². The molecule has 0 saturated carbocycles. The highest BCUT2D eigenvalue weighted by molar-refractivity contribution is 9.10. The Bertz CT molecular complexity index is 557. The van der Waals surface area contributed by atoms with Crippen molar-refractivity contribution >= 4 is 21.8 Å². The molecule has 1 heterocycles. The second kappa shape index (κ2) is 5.94. The lowest BCUT2D eigenvalue weighted by Gasteiger charge is -2.36. The molecule has 5 heteroatoms. The fourth-order valence-electron chi connectivity index (χ4n) is 2.37. The van der Waals surface area contributed by atoms with Crippen LogP contribution < -0.4 is 5.32 Å². The zero-order chi connectivity index (χ0) is 14.8. The molecule has 0 atom stereocenters. The first-order valence-corrected chi connectivity index (χ1v) is 7.44. The quantitative estimate of drug-likeness (QED) is 0.903. The van der Waals surface area contributed by atoms with Gasteiger partial charge in [-0.05, 0) is 54.4 Å². The third-order valence-corrected chi connectivity index (χ3v) is 4.90. The fraction of sp³-hybridized carbons (Fsp3) is 0.467. The molecule has 1 fully saturated rings. The van der Waals surface area contributed by atoms with Crippen LogP contribution in [-0.4, -0.2) is 36.5 Å². The van der Waals surface area contributed by atoms with Gasteiger partial charge in [0.25, 0.3) is 5.91 Å². The maximum absolute atomic E-state index is 12.4. The van der Waals surface area contributed by atoms with Crippen LogP contribution >= 0.6 is 15.9 Å². The molecule has 2 rings (SSSR count). The van der Waals surface area contributed by atoms with E-state index in [4.69, 9.17) is 0 Å². The van der Waals surface area contributed by atoms with Crippen molar-refractivity contribution in [2.45, 2.75) is 25.3 Å². The third-order valence-electron chi connectivity index (χ3n) is 3.84. The van der Waals surface area contributed by atoms with E-state index in [0.29, 0.717) is 18.4 Å². The molecule has 0 aromatic heterocycles. The first kappa shape index (κ1) is 15.0. The van der Waals surface area contributed by atoms with E-state index in [-0.39, 0.29) is 5.91 Å². The second-order valence-corrected chi connectivity index (χ2v) is 6.18. The lowest BCUT2D eigenvalue weighted by Crippen LogP contribution is -2.53. The van der Waals surface area contributed by atoms with Crippen LogP contribution in [0.2, 0.25) is 0 Å². The monoisotopic (exact) mass is 335 g/mol. The van der Waals surface area contributed by atoms with E-state index < -0.39 is 5.54 Å². The van der Waals surface area contributed by atoms with E-state index in [1.165, 1.54) is 0 Å². The van der Waals surface area contributed by atoms with Gasteiger partial charge in [0.05, 0.1) is 11.6 Å². The maximum atomic E-state index is 12.4. The van der Waals surface area contributed by atoms with Crippen LogP contribution in [0.4, 0.5) is 0 Å². The normalized spacial score (nSPS) is 18.3. The van der Waals surface area contributed by atoms with Gasteiger partial charge in [0.1, 0.15) is 5.54 Å². The number of hydrogen-bond donors (Lipinski definition) is 1. The number of amides is 1. The number of carbonyl (C=O) groups excluding carboxylic acids is 1. The SMILES string of the molecule is Cc1cccc(C(=O)NC2(C#N)CCN(C)CC2)c1Br. The lowest BCUT2D eigenvalue weighted by molar-refractivity contribution is 0.0881. The highest BCUT2D eigenvalue weighted by Gasteiger charge is 2.35. The molecule has 106 valence electrons. The van der Waals surface area contributed by atoms with Gasteiger partial charge < -0.3 is 10.2 Å². The minimum Gasteiger partial charge on any atom is -0.334 e. The Hall–Kier alpha value is -1.38. The van der Waals surface area contributed by atoms with E-state index in [1.54, 1.807) is 6.07 Å². The standard InChI is InChI=1S/C15H18BrN3O/c1-11-4-3-5-12(13(11)16)14(20)18-15(10-17)6-8-19(2)9-7-15/h3-5H,6-9H2,1-2H3,(H,18,20). The minimum absolute atomic E-state index is 0.188. The van der Waals surface area contributed by atoms with Crippen molar-refractivity contribution in [2.75, 3.05) is 20.1 Å². The van der Waals surface area contributed by atoms with Crippen LogP contribution in [0.1, 0.15) is 28.8 Å². The van der Waals surface area contributed by atoms with Crippen molar-refractivity contribution < 1.29 is 4.79 Å². The van der Waals surface area contributed by atoms with Gasteiger partial charge in [0.15, 0.2) is 0 Å². The van der Waals surface area contributed by atoms with Gasteiger partial charge in [-0.15, -0.1) is 0 Å². The summed E-state index contributed by atoms with van der Waals surface area (Å²) in [6, 6.07) is 7.86. The van der Waals surface area contributed by atoms with Gasteiger partial charge in [0, 0.05) is 17.6 Å². The summed E-state index contributed by atoms with van der Waals surface area (Å²) in [5, 5.41) is 12.4. The van der Waals surface area contributed by atoms with Crippen molar-refractivity contribution in [1.82, 2.24) is 10.2 Å². The number of aryl methyl sites for hydroxylation is 1. The zero-order valence-corrected chi connectivity index (χ0v) is 13.3. The molecular formula is C15H18BrN3O. The number of halogens is 1. The predicted octanol–water partition coefficient (Wildman–Crippen LogP) is 2.48. The lowest BCUT2D eigenvalue weighted by atomic mass is 9.89. The summed E-state index contributed by atoms with van der Waals surface area (Å²) in [5.41, 5.74) is 0.845. The van der Waals surface area contributed by atoms with Crippen molar-refractivity contribution in [3.8, 4) is 6.07 Å². The summed E-state index contributed by atoms with van der Waals surface area (Å²) in [6.45, 7) is 3.59. The molecule has 0 unspecified atom stereocenters. The number of benzene rings is 1. The van der Waals surface area contributed by atoms with Gasteiger partial charge in [-0.2, -0.15) is 5.26 Å². The smallest absolute Gasteiger partial charge is 0.253 e. The topological polar surface area (TPSA) is 56.1 Å². The highest BCUT2D eigenvalue weighted by atomic mass is 79.9. The number of carbonyl (C=O) groups is 1. The van der Waals surface area contributed by atoms with E-state index in [9.17, 15) is 10.1 Å². The fourth-order valence-corrected chi connectivity index (χ4v) is 2.82. The highest BCUT2D eigenvalue weighted by Crippen LogP contribution is 2.24. The molecule has 1 saturated heterocycles. The van der Waals surface area contributed by atoms with E-state index in [2.05, 4.69) is 32.2 Å². The number of likely N-dealkylation sites (tertiary alicyclic amines) is 1. The Morgan fingerprint density at radius 2 is 2.10 bits per heavy atom. The van der Waals surface area contributed by atoms with Gasteiger partial charge in [-0.3, -0.25) is 4.79 Å². The van der Waals surface area contributed by atoms with E-state index in [0.717, 1.165) is 23.1 Å². The van der Waals surface area contributed by atoms with Gasteiger partial charge in [-0.25, -0.2) is 0 Å². The Balaban J connectivity index is 2.18. The summed E-state index contributed by atoms with van der Waals surface area (Å²) in [5.74, 6) is -0.188. The Kier molecular flexibility index (Phi) is 4.46. The van der Waals surface area contributed by atoms with Crippen molar-refractivity contribution in [1.29, 1.82) is 5.26 Å². The molecule has 1 aliphatic rings. The van der Waals surface area contributed by atoms with E-state index >= 15 is 0 Å². The van der Waals surface area contributed by atoms with Crippen LogP contribution in [0.3, 0.4) is 0 Å². The Labute approximate surface area is 127 Å². The van der Waals surface area contributed by atoms with Crippen molar-refractivity contribution in [3.05, 3.63) is 33.8 Å². The molecule has 1 aliphatic heterocycles. The molecule has 0 aliphatic carbocycles. The predicted molar refractivity (Wildman–Crippen MR) is 81.4 cm³/mol. The third kappa shape index (κ3) is 3.02. The Morgan fingerprint density at radius 1 is 1.45 bits per heavy atom. The average molecular weight is 336 g/mol. The summed E-state index contributed by atoms with van der Waals surface area (Å²) < 4.78 is 0.790. The van der Waals surface area contributed by atoms with Gasteiger partial charge in [-0.1, -0.05) is 12.1 Å². The molecule has 4 nitrogen and oxygen atoms in total. The summed E-state index contributed by atoms with van der Waals surface area (Å²) in [4.78, 5) is 14.6. The molecule has 20 heavy (non-hydrogen) atoms. The summed E-state index contributed by atoms with van der Waals surface area (Å²) in [6.07, 6.45) is 1.32. The summed E-state index contributed by atoms with van der Waals surface area (Å²) in [7, 11) is 2.03. The van der Waals surface area contributed by atoms with Crippen LogP contribution in [0.5, 0.6) is 0 Å². The molecule has 0 radical (unpaired) electrons. The zero-order valence-electron chi connectivity index (χ0n) is 11.7. The molecule has 1 amide bonds. The first-order valence-electron chi connectivity index (χ1n) is 6.65. The largest absolute Gasteiger partial charge is 0.334 e. The molecule has 1 aromatic carbocycles. The molecular weight excluding hydrogens is 318 g/mol.